The summed E-state index contributed by atoms with van der Waals surface area (Å²) < 4.78 is 23.2. The van der Waals surface area contributed by atoms with Crippen LogP contribution in [0.1, 0.15) is 29.8 Å². The zero-order valence-corrected chi connectivity index (χ0v) is 9.89. The molecule has 0 aliphatic heterocycles. The van der Waals surface area contributed by atoms with Gasteiger partial charge in [-0.25, -0.2) is 8.42 Å². The molecule has 0 unspecified atom stereocenters. The van der Waals surface area contributed by atoms with E-state index in [2.05, 4.69) is 0 Å². The van der Waals surface area contributed by atoms with Gasteiger partial charge in [-0.3, -0.25) is 4.79 Å². The lowest BCUT2D eigenvalue weighted by atomic mass is 10.1. The van der Waals surface area contributed by atoms with Crippen molar-refractivity contribution in [2.75, 3.05) is 5.75 Å². The zero-order valence-electron chi connectivity index (χ0n) is 9.07. The SMILES string of the molecule is CCS(=O)(=O)c1ccc(C)c(C(C)=O)c1. The molecule has 15 heavy (non-hydrogen) atoms. The highest BCUT2D eigenvalue weighted by atomic mass is 32.2. The van der Waals surface area contributed by atoms with Crippen molar-refractivity contribution in [2.24, 2.45) is 0 Å². The van der Waals surface area contributed by atoms with Gasteiger partial charge in [0, 0.05) is 5.56 Å². The Balaban J connectivity index is 3.38. The maximum Gasteiger partial charge on any atom is 0.178 e. The molecule has 0 fully saturated rings. The van der Waals surface area contributed by atoms with Gasteiger partial charge in [0.25, 0.3) is 0 Å². The minimum absolute atomic E-state index is 0.0490. The number of sulfone groups is 1. The number of carbonyl (C=O) groups is 1. The molecule has 0 atom stereocenters. The van der Waals surface area contributed by atoms with E-state index in [4.69, 9.17) is 0 Å². The molecule has 0 saturated heterocycles. The van der Waals surface area contributed by atoms with Crippen LogP contribution in [0.3, 0.4) is 0 Å². The minimum Gasteiger partial charge on any atom is -0.295 e. The molecule has 1 aromatic rings. The molecule has 82 valence electrons. The molecule has 0 bridgehead atoms. The Hall–Kier alpha value is -1.16. The van der Waals surface area contributed by atoms with E-state index < -0.39 is 9.84 Å². The number of hydrogen-bond donors (Lipinski definition) is 0. The van der Waals surface area contributed by atoms with Crippen molar-refractivity contribution in [2.45, 2.75) is 25.7 Å². The Morgan fingerprint density at radius 2 is 1.93 bits per heavy atom. The average molecular weight is 226 g/mol. The van der Waals surface area contributed by atoms with Gasteiger partial charge >= 0.3 is 0 Å². The molecule has 0 heterocycles. The molecule has 1 rings (SSSR count). The third kappa shape index (κ3) is 2.45. The largest absolute Gasteiger partial charge is 0.295 e. The first-order valence-corrected chi connectivity index (χ1v) is 6.38. The summed E-state index contributed by atoms with van der Waals surface area (Å²) in [5.74, 6) is -0.0615. The molecule has 3 nitrogen and oxygen atoms in total. The summed E-state index contributed by atoms with van der Waals surface area (Å²) in [5, 5.41) is 0. The molecular formula is C11H14O3S. The van der Waals surface area contributed by atoms with Crippen LogP contribution in [-0.4, -0.2) is 20.0 Å². The fourth-order valence-corrected chi connectivity index (χ4v) is 2.25. The molecular weight excluding hydrogens is 212 g/mol. The standard InChI is InChI=1S/C11H14O3S/c1-4-15(13,14)10-6-5-8(2)11(7-10)9(3)12/h5-7H,4H2,1-3H3. The third-order valence-corrected chi connectivity index (χ3v) is 4.06. The zero-order chi connectivity index (χ0) is 11.6. The molecule has 0 spiro atoms. The van der Waals surface area contributed by atoms with Crippen LogP contribution in [0.2, 0.25) is 0 Å². The molecule has 0 aromatic heterocycles. The Labute approximate surface area is 90.0 Å². The summed E-state index contributed by atoms with van der Waals surface area (Å²) in [5.41, 5.74) is 1.28. The normalized spacial score (nSPS) is 11.4. The van der Waals surface area contributed by atoms with Gasteiger partial charge in [-0.05, 0) is 31.5 Å². The number of rotatable bonds is 3. The van der Waals surface area contributed by atoms with Crippen LogP contribution in [-0.2, 0) is 9.84 Å². The number of carbonyl (C=O) groups excluding carboxylic acids is 1. The molecule has 0 aliphatic carbocycles. The number of aryl methyl sites for hydroxylation is 1. The third-order valence-electron chi connectivity index (χ3n) is 2.33. The van der Waals surface area contributed by atoms with Crippen molar-refractivity contribution in [1.82, 2.24) is 0 Å². The number of benzene rings is 1. The van der Waals surface area contributed by atoms with Gasteiger partial charge in [0.1, 0.15) is 0 Å². The highest BCUT2D eigenvalue weighted by Gasteiger charge is 2.14. The van der Waals surface area contributed by atoms with Gasteiger partial charge in [0.2, 0.25) is 0 Å². The van der Waals surface area contributed by atoms with E-state index in [0.29, 0.717) is 5.56 Å². The summed E-state index contributed by atoms with van der Waals surface area (Å²) in [7, 11) is -3.22. The van der Waals surface area contributed by atoms with E-state index in [0.717, 1.165) is 5.56 Å². The van der Waals surface area contributed by atoms with E-state index in [-0.39, 0.29) is 16.4 Å². The topological polar surface area (TPSA) is 51.2 Å². The average Bonchev–Trinajstić information content (AvgIpc) is 2.17. The van der Waals surface area contributed by atoms with Gasteiger partial charge in [-0.2, -0.15) is 0 Å². The second-order valence-electron chi connectivity index (χ2n) is 3.44. The number of Topliss-reactive ketones (excluding diaryl/α,β-unsaturated/α-hetero) is 1. The summed E-state index contributed by atoms with van der Waals surface area (Å²) in [4.78, 5) is 11.5. The predicted octanol–water partition coefficient (Wildman–Crippen LogP) is 1.99. The molecule has 1 aromatic carbocycles. The van der Waals surface area contributed by atoms with E-state index in [1.807, 2.05) is 0 Å². The van der Waals surface area contributed by atoms with Crippen LogP contribution in [0.4, 0.5) is 0 Å². The smallest absolute Gasteiger partial charge is 0.178 e. The second kappa shape index (κ2) is 4.14. The molecule has 0 radical (unpaired) electrons. The Morgan fingerprint density at radius 3 is 2.40 bits per heavy atom. The second-order valence-corrected chi connectivity index (χ2v) is 5.71. The summed E-state index contributed by atoms with van der Waals surface area (Å²) in [6, 6.07) is 4.66. The monoisotopic (exact) mass is 226 g/mol. The maximum atomic E-state index is 11.6. The fraction of sp³-hybridized carbons (Fsp3) is 0.364. The van der Waals surface area contributed by atoms with E-state index in [1.165, 1.54) is 13.0 Å². The first-order valence-electron chi connectivity index (χ1n) is 4.73. The fourth-order valence-electron chi connectivity index (χ4n) is 1.34. The number of hydrogen-bond acceptors (Lipinski definition) is 3. The van der Waals surface area contributed by atoms with Gasteiger partial charge < -0.3 is 0 Å². The van der Waals surface area contributed by atoms with Gasteiger partial charge in [0.05, 0.1) is 10.6 Å². The van der Waals surface area contributed by atoms with Crippen molar-refractivity contribution < 1.29 is 13.2 Å². The predicted molar refractivity (Wildman–Crippen MR) is 58.9 cm³/mol. The molecule has 0 amide bonds. The van der Waals surface area contributed by atoms with Crippen molar-refractivity contribution in [3.63, 3.8) is 0 Å². The van der Waals surface area contributed by atoms with Gasteiger partial charge in [-0.1, -0.05) is 13.0 Å². The Kier molecular flexibility index (Phi) is 3.29. The van der Waals surface area contributed by atoms with Crippen LogP contribution in [0, 0.1) is 6.92 Å². The quantitative estimate of drug-likeness (QED) is 0.741. The van der Waals surface area contributed by atoms with Crippen LogP contribution in [0.15, 0.2) is 23.1 Å². The van der Waals surface area contributed by atoms with Crippen LogP contribution >= 0.6 is 0 Å². The van der Waals surface area contributed by atoms with Gasteiger partial charge in [-0.15, -0.1) is 0 Å². The summed E-state index contributed by atoms with van der Waals surface area (Å²) in [6.07, 6.45) is 0. The molecule has 0 N–H and O–H groups in total. The lowest BCUT2D eigenvalue weighted by Gasteiger charge is -2.05. The number of ketones is 1. The van der Waals surface area contributed by atoms with Crippen LogP contribution < -0.4 is 0 Å². The van der Waals surface area contributed by atoms with Gasteiger partial charge in [0.15, 0.2) is 15.6 Å². The highest BCUT2D eigenvalue weighted by Crippen LogP contribution is 2.17. The Morgan fingerprint density at radius 1 is 1.33 bits per heavy atom. The van der Waals surface area contributed by atoms with E-state index in [1.54, 1.807) is 26.0 Å². The Bertz CT molecular complexity index is 487. The van der Waals surface area contributed by atoms with Crippen LogP contribution in [0.5, 0.6) is 0 Å². The molecule has 0 saturated carbocycles. The summed E-state index contributed by atoms with van der Waals surface area (Å²) >= 11 is 0. The van der Waals surface area contributed by atoms with Crippen molar-refractivity contribution in [1.29, 1.82) is 0 Å². The van der Waals surface area contributed by atoms with Crippen molar-refractivity contribution in [3.8, 4) is 0 Å². The summed E-state index contributed by atoms with van der Waals surface area (Å²) in [6.45, 7) is 4.81. The minimum atomic E-state index is -3.22. The first kappa shape index (κ1) is 11.9. The van der Waals surface area contributed by atoms with Crippen LogP contribution in [0.25, 0.3) is 0 Å². The van der Waals surface area contributed by atoms with Crippen molar-refractivity contribution in [3.05, 3.63) is 29.3 Å². The maximum absolute atomic E-state index is 11.6. The van der Waals surface area contributed by atoms with E-state index >= 15 is 0 Å². The van der Waals surface area contributed by atoms with E-state index in [9.17, 15) is 13.2 Å². The lowest BCUT2D eigenvalue weighted by molar-refractivity contribution is 0.101. The first-order chi connectivity index (χ1) is 6.88. The molecule has 4 heteroatoms. The lowest BCUT2D eigenvalue weighted by Crippen LogP contribution is -2.06. The molecule has 0 aliphatic rings. The highest BCUT2D eigenvalue weighted by molar-refractivity contribution is 7.91. The van der Waals surface area contributed by atoms with Crippen molar-refractivity contribution >= 4 is 15.6 Å².